The van der Waals surface area contributed by atoms with Crippen molar-refractivity contribution < 1.29 is 4.92 Å². The summed E-state index contributed by atoms with van der Waals surface area (Å²) in [4.78, 5) is 15.5. The summed E-state index contributed by atoms with van der Waals surface area (Å²) in [5.41, 5.74) is 1.29. The molecule has 110 valence electrons. The number of nitrogens with zero attached hydrogens (tertiary/aromatic N) is 2. The van der Waals surface area contributed by atoms with Crippen LogP contribution in [-0.4, -0.2) is 16.5 Å². The van der Waals surface area contributed by atoms with Crippen molar-refractivity contribution >= 4 is 23.3 Å². The van der Waals surface area contributed by atoms with Gasteiger partial charge in [0.25, 0.3) is 5.69 Å². The lowest BCUT2D eigenvalue weighted by molar-refractivity contribution is -0.384. The van der Waals surface area contributed by atoms with Gasteiger partial charge >= 0.3 is 0 Å². The number of hydrogen-bond acceptors (Lipinski definition) is 5. The molecule has 21 heavy (non-hydrogen) atoms. The monoisotopic (exact) mass is 303 g/mol. The highest BCUT2D eigenvalue weighted by molar-refractivity contribution is 7.98. The van der Waals surface area contributed by atoms with E-state index < -0.39 is 0 Å². The van der Waals surface area contributed by atoms with Crippen LogP contribution in [0, 0.1) is 10.1 Å². The predicted octanol–water partition coefficient (Wildman–Crippen LogP) is 4.10. The van der Waals surface area contributed by atoms with Crippen molar-refractivity contribution in [3.63, 3.8) is 0 Å². The van der Waals surface area contributed by atoms with E-state index in [-0.39, 0.29) is 10.6 Å². The van der Waals surface area contributed by atoms with E-state index in [2.05, 4.69) is 17.2 Å². The molecule has 6 heteroatoms. The fourth-order valence-electron chi connectivity index (χ4n) is 1.74. The molecule has 0 fully saturated rings. The molecule has 0 bridgehead atoms. The van der Waals surface area contributed by atoms with E-state index in [9.17, 15) is 10.1 Å². The third kappa shape index (κ3) is 4.75. The van der Waals surface area contributed by atoms with Gasteiger partial charge in [-0.05, 0) is 36.2 Å². The first-order chi connectivity index (χ1) is 10.2. The summed E-state index contributed by atoms with van der Waals surface area (Å²) >= 11 is 1.65. The molecule has 0 amide bonds. The fraction of sp³-hybridized carbons (Fsp3) is 0.267. The van der Waals surface area contributed by atoms with Gasteiger partial charge in [0.15, 0.2) is 0 Å². The highest BCUT2D eigenvalue weighted by atomic mass is 32.2. The summed E-state index contributed by atoms with van der Waals surface area (Å²) in [5, 5.41) is 13.9. The normalized spacial score (nSPS) is 10.3. The fourth-order valence-corrected chi connectivity index (χ4v) is 2.59. The first-order valence-electron chi connectivity index (χ1n) is 6.75. The third-order valence-corrected chi connectivity index (χ3v) is 3.92. The van der Waals surface area contributed by atoms with Crippen molar-refractivity contribution in [2.45, 2.75) is 24.0 Å². The Hall–Kier alpha value is -2.08. The van der Waals surface area contributed by atoms with E-state index in [0.29, 0.717) is 0 Å². The topological polar surface area (TPSA) is 68.1 Å². The lowest BCUT2D eigenvalue weighted by Gasteiger charge is -2.06. The number of nitro groups is 1. The van der Waals surface area contributed by atoms with E-state index in [0.717, 1.165) is 29.4 Å². The molecule has 1 heterocycles. The molecule has 0 saturated carbocycles. The van der Waals surface area contributed by atoms with Gasteiger partial charge < -0.3 is 5.32 Å². The second-order valence-corrected chi connectivity index (χ2v) is 5.56. The van der Waals surface area contributed by atoms with Gasteiger partial charge in [0.2, 0.25) is 0 Å². The van der Waals surface area contributed by atoms with Gasteiger partial charge in [0, 0.05) is 35.5 Å². The number of thioether (sulfide) groups is 1. The molecule has 2 aromatic rings. The van der Waals surface area contributed by atoms with Gasteiger partial charge in [-0.25, -0.2) is 4.98 Å². The molecule has 1 aromatic carbocycles. The van der Waals surface area contributed by atoms with E-state index in [4.69, 9.17) is 0 Å². The average Bonchev–Trinajstić information content (AvgIpc) is 2.52. The maximum absolute atomic E-state index is 10.6. The first-order valence-corrected chi connectivity index (χ1v) is 7.73. The van der Waals surface area contributed by atoms with Crippen LogP contribution in [0.5, 0.6) is 0 Å². The summed E-state index contributed by atoms with van der Waals surface area (Å²) in [6, 6.07) is 10.6. The highest BCUT2D eigenvalue weighted by Gasteiger charge is 2.04. The molecule has 0 radical (unpaired) electrons. The largest absolute Gasteiger partial charge is 0.370 e. The van der Waals surface area contributed by atoms with Crippen molar-refractivity contribution in [3.8, 4) is 0 Å². The van der Waals surface area contributed by atoms with E-state index >= 15 is 0 Å². The van der Waals surface area contributed by atoms with Crippen molar-refractivity contribution in [2.75, 3.05) is 11.9 Å². The minimum Gasteiger partial charge on any atom is -0.370 e. The molecule has 2 rings (SSSR count). The lowest BCUT2D eigenvalue weighted by Crippen LogP contribution is -2.01. The van der Waals surface area contributed by atoms with Gasteiger partial charge in [-0.3, -0.25) is 10.1 Å². The van der Waals surface area contributed by atoms with Crippen molar-refractivity contribution in [3.05, 3.63) is 58.3 Å². The maximum Gasteiger partial charge on any atom is 0.269 e. The summed E-state index contributed by atoms with van der Waals surface area (Å²) < 4.78 is 0. The molecular weight excluding hydrogens is 286 g/mol. The average molecular weight is 303 g/mol. The van der Waals surface area contributed by atoms with Gasteiger partial charge in [-0.15, -0.1) is 11.8 Å². The highest BCUT2D eigenvalue weighted by Crippen LogP contribution is 2.25. The Morgan fingerprint density at radius 3 is 2.71 bits per heavy atom. The van der Waals surface area contributed by atoms with E-state index in [1.807, 2.05) is 12.1 Å². The Bertz CT molecular complexity index is 602. The number of hydrogen-bond donors (Lipinski definition) is 1. The third-order valence-electron chi connectivity index (χ3n) is 2.83. The van der Waals surface area contributed by atoms with Crippen LogP contribution < -0.4 is 5.32 Å². The number of non-ortho nitro benzene ring substituents is 1. The lowest BCUT2D eigenvalue weighted by atomic mass is 10.3. The maximum atomic E-state index is 10.6. The van der Waals surface area contributed by atoms with Crippen LogP contribution in [0.4, 0.5) is 11.5 Å². The van der Waals surface area contributed by atoms with E-state index in [1.54, 1.807) is 30.1 Å². The van der Waals surface area contributed by atoms with Crippen molar-refractivity contribution in [1.82, 2.24) is 4.98 Å². The number of benzene rings is 1. The molecule has 0 saturated heterocycles. The number of anilines is 1. The molecule has 5 nitrogen and oxygen atoms in total. The standard InChI is InChI=1S/C15H17N3O2S/c1-2-8-16-15-10-12(7-9-17-15)11-21-14-5-3-13(4-6-14)18(19)20/h3-7,9-10H,2,8,11H2,1H3,(H,16,17). The molecule has 0 spiro atoms. The van der Waals surface area contributed by atoms with Crippen LogP contribution >= 0.6 is 11.8 Å². The van der Waals surface area contributed by atoms with Gasteiger partial charge in [-0.2, -0.15) is 0 Å². The molecular formula is C15H17N3O2S. The van der Waals surface area contributed by atoms with E-state index in [1.165, 1.54) is 17.7 Å². The Labute approximate surface area is 127 Å². The Kier molecular flexibility index (Phi) is 5.57. The summed E-state index contributed by atoms with van der Waals surface area (Å²) in [6.45, 7) is 3.02. The molecule has 0 aliphatic carbocycles. The Morgan fingerprint density at radius 1 is 1.29 bits per heavy atom. The van der Waals surface area contributed by atoms with Gasteiger partial charge in [0.1, 0.15) is 5.82 Å². The molecule has 0 unspecified atom stereocenters. The Balaban J connectivity index is 1.94. The first kappa shape index (κ1) is 15.3. The summed E-state index contributed by atoms with van der Waals surface area (Å²) in [5.74, 6) is 1.69. The number of pyridine rings is 1. The van der Waals surface area contributed by atoms with Crippen LogP contribution in [0.2, 0.25) is 0 Å². The van der Waals surface area contributed by atoms with Crippen LogP contribution in [0.3, 0.4) is 0 Å². The van der Waals surface area contributed by atoms with Crippen molar-refractivity contribution in [1.29, 1.82) is 0 Å². The zero-order valence-electron chi connectivity index (χ0n) is 11.8. The number of rotatable bonds is 7. The second kappa shape index (κ2) is 7.64. The van der Waals surface area contributed by atoms with Gasteiger partial charge in [0.05, 0.1) is 4.92 Å². The SMILES string of the molecule is CCCNc1cc(CSc2ccc([N+](=O)[O-])cc2)ccn1. The van der Waals surface area contributed by atoms with Crippen LogP contribution in [0.15, 0.2) is 47.5 Å². The second-order valence-electron chi connectivity index (χ2n) is 4.52. The van der Waals surface area contributed by atoms with Crippen LogP contribution in [0.1, 0.15) is 18.9 Å². The molecule has 0 aliphatic rings. The van der Waals surface area contributed by atoms with Gasteiger partial charge in [-0.1, -0.05) is 6.92 Å². The predicted molar refractivity (Wildman–Crippen MR) is 85.7 cm³/mol. The smallest absolute Gasteiger partial charge is 0.269 e. The zero-order chi connectivity index (χ0) is 15.1. The zero-order valence-corrected chi connectivity index (χ0v) is 12.6. The summed E-state index contributed by atoms with van der Waals surface area (Å²) in [7, 11) is 0. The Morgan fingerprint density at radius 2 is 2.05 bits per heavy atom. The van der Waals surface area contributed by atoms with Crippen LogP contribution in [0.25, 0.3) is 0 Å². The minimum absolute atomic E-state index is 0.120. The molecule has 1 aromatic heterocycles. The van der Waals surface area contributed by atoms with Crippen LogP contribution in [-0.2, 0) is 5.75 Å². The summed E-state index contributed by atoms with van der Waals surface area (Å²) in [6.07, 6.45) is 2.85. The molecule has 1 N–H and O–H groups in total. The quantitative estimate of drug-likeness (QED) is 0.474. The minimum atomic E-state index is -0.386. The molecule has 0 atom stereocenters. The number of aromatic nitrogens is 1. The van der Waals surface area contributed by atoms with Crippen molar-refractivity contribution in [2.24, 2.45) is 0 Å². The number of nitrogens with one attached hydrogen (secondary N) is 1. The number of nitro benzene ring substituents is 1. The molecule has 0 aliphatic heterocycles.